The van der Waals surface area contributed by atoms with Crippen molar-refractivity contribution in [1.82, 2.24) is 5.16 Å². The van der Waals surface area contributed by atoms with Crippen molar-refractivity contribution in [2.24, 2.45) is 5.73 Å². The number of amides is 2. The lowest BCUT2D eigenvalue weighted by molar-refractivity contribution is 0.0996. The number of aryl methyl sites for hydroxylation is 2. The third-order valence-electron chi connectivity index (χ3n) is 4.15. The van der Waals surface area contributed by atoms with Gasteiger partial charge in [-0.3, -0.25) is 9.59 Å². The van der Waals surface area contributed by atoms with E-state index in [-0.39, 0.29) is 23.1 Å². The molecule has 0 aliphatic heterocycles. The molecule has 8 heteroatoms. The molecule has 0 spiro atoms. The van der Waals surface area contributed by atoms with Crippen LogP contribution in [-0.4, -0.2) is 17.0 Å². The number of nitrogens with zero attached hydrogens (tertiary/aromatic N) is 1. The third kappa shape index (κ3) is 4.32. The smallest absolute Gasteiger partial charge is 0.255 e. The van der Waals surface area contributed by atoms with E-state index < -0.39 is 5.91 Å². The summed E-state index contributed by atoms with van der Waals surface area (Å²) < 4.78 is 10.9. The fourth-order valence-electron chi connectivity index (χ4n) is 2.59. The fourth-order valence-corrected chi connectivity index (χ4v) is 2.80. The number of rotatable bonds is 6. The van der Waals surface area contributed by atoms with Crippen molar-refractivity contribution in [3.05, 3.63) is 75.6 Å². The maximum absolute atomic E-state index is 12.5. The van der Waals surface area contributed by atoms with Gasteiger partial charge in [0.05, 0.1) is 21.8 Å². The van der Waals surface area contributed by atoms with Crippen LogP contribution >= 0.6 is 11.6 Å². The highest BCUT2D eigenvalue weighted by Gasteiger charge is 2.13. The van der Waals surface area contributed by atoms with E-state index in [2.05, 4.69) is 10.5 Å². The van der Waals surface area contributed by atoms with Gasteiger partial charge in [0.25, 0.3) is 5.91 Å². The van der Waals surface area contributed by atoms with Crippen LogP contribution in [0.3, 0.4) is 0 Å². The number of aromatic nitrogens is 1. The predicted octanol–water partition coefficient (Wildman–Crippen LogP) is 3.88. The summed E-state index contributed by atoms with van der Waals surface area (Å²) in [5.41, 5.74) is 7.85. The summed E-state index contributed by atoms with van der Waals surface area (Å²) in [5.74, 6) is 0.192. The van der Waals surface area contributed by atoms with E-state index in [1.54, 1.807) is 30.3 Å². The molecule has 0 unspecified atom stereocenters. The molecular formula is C20H18ClN3O4. The minimum atomic E-state index is -0.671. The highest BCUT2D eigenvalue weighted by molar-refractivity contribution is 6.34. The first kappa shape index (κ1) is 19.4. The molecule has 3 N–H and O–H groups in total. The quantitative estimate of drug-likeness (QED) is 0.654. The number of halogens is 1. The molecule has 0 saturated heterocycles. The number of ether oxygens (including phenoxy) is 1. The summed E-state index contributed by atoms with van der Waals surface area (Å²) in [5, 5.41) is 6.82. The average Bonchev–Trinajstić information content (AvgIpc) is 2.99. The number of hydrogen-bond donors (Lipinski definition) is 2. The van der Waals surface area contributed by atoms with Gasteiger partial charge in [0.2, 0.25) is 5.91 Å². The van der Waals surface area contributed by atoms with Crippen LogP contribution in [0.1, 0.15) is 37.7 Å². The number of benzene rings is 2. The Morgan fingerprint density at radius 1 is 1.21 bits per heavy atom. The predicted molar refractivity (Wildman–Crippen MR) is 105 cm³/mol. The molecule has 3 aromatic rings. The third-order valence-corrected chi connectivity index (χ3v) is 4.48. The first-order valence-corrected chi connectivity index (χ1v) is 8.78. The van der Waals surface area contributed by atoms with Crippen molar-refractivity contribution in [2.45, 2.75) is 20.5 Å². The minimum Gasteiger partial charge on any atom is -0.489 e. The monoisotopic (exact) mass is 399 g/mol. The number of hydrogen-bond acceptors (Lipinski definition) is 5. The van der Waals surface area contributed by atoms with Crippen molar-refractivity contribution in [3.8, 4) is 5.75 Å². The molecule has 28 heavy (non-hydrogen) atoms. The van der Waals surface area contributed by atoms with E-state index in [1.807, 2.05) is 13.8 Å². The Morgan fingerprint density at radius 2 is 2.00 bits per heavy atom. The van der Waals surface area contributed by atoms with Crippen LogP contribution in [-0.2, 0) is 6.61 Å². The Bertz CT molecular complexity index is 1030. The number of nitrogens with two attached hydrogens (primary N) is 1. The van der Waals surface area contributed by atoms with E-state index >= 15 is 0 Å². The maximum Gasteiger partial charge on any atom is 0.255 e. The Kier molecular flexibility index (Phi) is 5.65. The number of nitrogens with one attached hydrogen (secondary N) is 1. The Balaban J connectivity index is 1.72. The van der Waals surface area contributed by atoms with Crippen LogP contribution < -0.4 is 15.8 Å². The largest absolute Gasteiger partial charge is 0.489 e. The average molecular weight is 400 g/mol. The van der Waals surface area contributed by atoms with Crippen LogP contribution in [0.25, 0.3) is 0 Å². The molecular weight excluding hydrogens is 382 g/mol. The van der Waals surface area contributed by atoms with Crippen molar-refractivity contribution < 1.29 is 18.8 Å². The normalized spacial score (nSPS) is 10.5. The van der Waals surface area contributed by atoms with Crippen LogP contribution in [0.15, 0.2) is 47.0 Å². The summed E-state index contributed by atoms with van der Waals surface area (Å²) in [6.07, 6.45) is 0. The molecule has 7 nitrogen and oxygen atoms in total. The van der Waals surface area contributed by atoms with Gasteiger partial charge in [-0.25, -0.2) is 0 Å². The van der Waals surface area contributed by atoms with Crippen molar-refractivity contribution in [3.63, 3.8) is 0 Å². The van der Waals surface area contributed by atoms with Gasteiger partial charge in [0, 0.05) is 11.3 Å². The molecule has 0 fully saturated rings. The molecule has 0 bridgehead atoms. The van der Waals surface area contributed by atoms with Crippen LogP contribution in [0, 0.1) is 13.8 Å². The van der Waals surface area contributed by atoms with Gasteiger partial charge in [0.1, 0.15) is 18.1 Å². The topological polar surface area (TPSA) is 107 Å². The lowest BCUT2D eigenvalue weighted by Gasteiger charge is -2.10. The second-order valence-electron chi connectivity index (χ2n) is 6.13. The van der Waals surface area contributed by atoms with E-state index in [0.717, 1.165) is 11.3 Å². The first-order valence-electron chi connectivity index (χ1n) is 8.40. The highest BCUT2D eigenvalue weighted by atomic mass is 35.5. The van der Waals surface area contributed by atoms with Gasteiger partial charge in [-0.05, 0) is 50.2 Å². The van der Waals surface area contributed by atoms with Crippen LogP contribution in [0.2, 0.25) is 5.02 Å². The molecule has 0 atom stereocenters. The Morgan fingerprint density at radius 3 is 2.68 bits per heavy atom. The van der Waals surface area contributed by atoms with Crippen molar-refractivity contribution >= 4 is 29.1 Å². The molecule has 0 aliphatic rings. The fraction of sp³-hybridized carbons (Fsp3) is 0.150. The first-order chi connectivity index (χ1) is 13.3. The molecule has 1 heterocycles. The Hall–Kier alpha value is -3.32. The number of anilines is 1. The van der Waals surface area contributed by atoms with Crippen LogP contribution in [0.4, 0.5) is 5.69 Å². The lowest BCUT2D eigenvalue weighted by Crippen LogP contribution is -2.15. The van der Waals surface area contributed by atoms with Gasteiger partial charge in [-0.1, -0.05) is 22.8 Å². The molecule has 0 aliphatic carbocycles. The molecule has 2 amide bonds. The van der Waals surface area contributed by atoms with Gasteiger partial charge >= 0.3 is 0 Å². The van der Waals surface area contributed by atoms with Gasteiger partial charge in [0.15, 0.2) is 0 Å². The minimum absolute atomic E-state index is 0.135. The Labute approximate surface area is 166 Å². The summed E-state index contributed by atoms with van der Waals surface area (Å²) >= 11 is 5.92. The summed E-state index contributed by atoms with van der Waals surface area (Å²) in [6, 6.07) is 11.3. The van der Waals surface area contributed by atoms with E-state index in [1.165, 1.54) is 12.1 Å². The summed E-state index contributed by atoms with van der Waals surface area (Å²) in [6.45, 7) is 3.94. The molecule has 2 aromatic carbocycles. The molecule has 3 rings (SSSR count). The van der Waals surface area contributed by atoms with E-state index in [9.17, 15) is 9.59 Å². The maximum atomic E-state index is 12.5. The van der Waals surface area contributed by atoms with Gasteiger partial charge in [-0.15, -0.1) is 0 Å². The van der Waals surface area contributed by atoms with Crippen molar-refractivity contribution in [2.75, 3.05) is 5.32 Å². The number of carbonyl (C=O) groups excluding carboxylic acids is 2. The number of carbonyl (C=O) groups is 2. The molecule has 0 radical (unpaired) electrons. The summed E-state index contributed by atoms with van der Waals surface area (Å²) in [7, 11) is 0. The zero-order valence-corrected chi connectivity index (χ0v) is 16.0. The molecule has 144 valence electrons. The van der Waals surface area contributed by atoms with E-state index in [0.29, 0.717) is 22.8 Å². The van der Waals surface area contributed by atoms with Gasteiger partial charge < -0.3 is 20.3 Å². The molecule has 0 saturated carbocycles. The standard InChI is InChI=1S/C20H18ClN3O4/c1-11-17(12(2)28-24-11)10-27-15-5-3-4-13(8-15)20(26)23-14-6-7-18(21)16(9-14)19(22)25/h3-9H,10H2,1-2H3,(H2,22,25)(H,23,26). The van der Waals surface area contributed by atoms with Gasteiger partial charge in [-0.2, -0.15) is 0 Å². The number of primary amides is 1. The second kappa shape index (κ2) is 8.14. The molecule has 1 aromatic heterocycles. The highest BCUT2D eigenvalue weighted by Crippen LogP contribution is 2.22. The second-order valence-corrected chi connectivity index (χ2v) is 6.54. The van der Waals surface area contributed by atoms with E-state index in [4.69, 9.17) is 26.6 Å². The lowest BCUT2D eigenvalue weighted by atomic mass is 10.1. The summed E-state index contributed by atoms with van der Waals surface area (Å²) in [4.78, 5) is 23.9. The zero-order valence-electron chi connectivity index (χ0n) is 15.3. The SMILES string of the molecule is Cc1noc(C)c1COc1cccc(C(=O)Nc2ccc(Cl)c(C(N)=O)c2)c1. The van der Waals surface area contributed by atoms with Crippen molar-refractivity contribution in [1.29, 1.82) is 0 Å². The zero-order chi connectivity index (χ0) is 20.3. The van der Waals surface area contributed by atoms with Crippen LogP contribution in [0.5, 0.6) is 5.75 Å².